The maximum Gasteiger partial charge on any atom is 0.224 e. The van der Waals surface area contributed by atoms with Crippen LogP contribution in [0.15, 0.2) is 18.2 Å². The van der Waals surface area contributed by atoms with Gasteiger partial charge in [0.05, 0.1) is 0 Å². The van der Waals surface area contributed by atoms with Crippen molar-refractivity contribution in [2.45, 2.75) is 33.1 Å². The summed E-state index contributed by atoms with van der Waals surface area (Å²) >= 11 is 0. The second-order valence-electron chi connectivity index (χ2n) is 5.33. The fraction of sp³-hybridized carbons (Fsp3) is 0.533. The Hall–Kier alpha value is -1.49. The quantitative estimate of drug-likeness (QED) is 0.807. The van der Waals surface area contributed by atoms with E-state index in [2.05, 4.69) is 19.2 Å². The number of carbonyl (C=O) groups is 1. The van der Waals surface area contributed by atoms with E-state index in [0.29, 0.717) is 24.8 Å². The number of carbonyl (C=O) groups excluding carboxylic acids is 1. The summed E-state index contributed by atoms with van der Waals surface area (Å²) in [5.74, 6) is -0.808. The van der Waals surface area contributed by atoms with Gasteiger partial charge in [-0.3, -0.25) is 4.79 Å². The number of halogens is 2. The highest BCUT2D eigenvalue weighted by molar-refractivity contribution is 5.90. The first-order valence-electron chi connectivity index (χ1n) is 6.88. The molecular weight excluding hydrogens is 262 g/mol. The molecular formula is C15H22F2N2O. The van der Waals surface area contributed by atoms with E-state index >= 15 is 0 Å². The molecule has 5 heteroatoms. The third-order valence-electron chi connectivity index (χ3n) is 3.37. The number of benzene rings is 1. The van der Waals surface area contributed by atoms with Crippen LogP contribution in [-0.2, 0) is 4.79 Å². The monoisotopic (exact) mass is 284 g/mol. The van der Waals surface area contributed by atoms with E-state index < -0.39 is 11.6 Å². The van der Waals surface area contributed by atoms with Crippen molar-refractivity contribution in [1.29, 1.82) is 0 Å². The lowest BCUT2D eigenvalue weighted by atomic mass is 9.88. The standard InChI is InChI=1S/C15H22F2N2O/c1-10(2)11(5-6-18)3-4-15(20)19-14-8-12(16)7-13(17)9-14/h7-11H,3-6,18H2,1-2H3,(H,19,20). The van der Waals surface area contributed by atoms with Gasteiger partial charge in [-0.1, -0.05) is 13.8 Å². The van der Waals surface area contributed by atoms with Gasteiger partial charge in [0.15, 0.2) is 0 Å². The maximum atomic E-state index is 13.0. The average molecular weight is 284 g/mol. The topological polar surface area (TPSA) is 55.1 Å². The van der Waals surface area contributed by atoms with Crippen molar-refractivity contribution in [1.82, 2.24) is 0 Å². The molecule has 1 atom stereocenters. The number of rotatable bonds is 7. The Bertz CT molecular complexity index is 429. The second kappa shape index (κ2) is 7.94. The molecule has 1 unspecified atom stereocenters. The number of hydrogen-bond acceptors (Lipinski definition) is 2. The molecule has 0 aliphatic rings. The minimum absolute atomic E-state index is 0.146. The zero-order valence-electron chi connectivity index (χ0n) is 12.0. The van der Waals surface area contributed by atoms with E-state index in [1.807, 2.05) is 0 Å². The summed E-state index contributed by atoms with van der Waals surface area (Å²) in [6, 6.07) is 2.97. The fourth-order valence-electron chi connectivity index (χ4n) is 2.19. The lowest BCUT2D eigenvalue weighted by Gasteiger charge is -2.19. The zero-order valence-corrected chi connectivity index (χ0v) is 12.0. The first-order valence-corrected chi connectivity index (χ1v) is 6.88. The zero-order chi connectivity index (χ0) is 15.1. The van der Waals surface area contributed by atoms with Crippen LogP contribution in [0.2, 0.25) is 0 Å². The third kappa shape index (κ3) is 5.65. The van der Waals surface area contributed by atoms with Gasteiger partial charge in [0.1, 0.15) is 11.6 Å². The first-order chi connectivity index (χ1) is 9.42. The highest BCUT2D eigenvalue weighted by Gasteiger charge is 2.14. The number of hydrogen-bond donors (Lipinski definition) is 2. The number of anilines is 1. The van der Waals surface area contributed by atoms with Crippen LogP contribution in [-0.4, -0.2) is 12.5 Å². The van der Waals surface area contributed by atoms with E-state index in [9.17, 15) is 13.6 Å². The fourth-order valence-corrected chi connectivity index (χ4v) is 2.19. The summed E-state index contributed by atoms with van der Waals surface area (Å²) in [5.41, 5.74) is 5.69. The van der Waals surface area contributed by atoms with Crippen LogP contribution in [0.4, 0.5) is 14.5 Å². The van der Waals surface area contributed by atoms with Crippen molar-refractivity contribution in [3.05, 3.63) is 29.8 Å². The summed E-state index contributed by atoms with van der Waals surface area (Å²) in [4.78, 5) is 11.8. The molecule has 1 aromatic rings. The summed E-state index contributed by atoms with van der Waals surface area (Å²) in [6.45, 7) is 4.79. The molecule has 0 radical (unpaired) electrons. The summed E-state index contributed by atoms with van der Waals surface area (Å²) in [6.07, 6.45) is 1.92. The van der Waals surface area contributed by atoms with Gasteiger partial charge in [0, 0.05) is 18.2 Å². The molecule has 3 nitrogen and oxygen atoms in total. The van der Waals surface area contributed by atoms with Gasteiger partial charge in [-0.05, 0) is 43.4 Å². The van der Waals surface area contributed by atoms with Crippen LogP contribution in [0, 0.1) is 23.5 Å². The van der Waals surface area contributed by atoms with Crippen molar-refractivity contribution in [3.8, 4) is 0 Å². The predicted octanol–water partition coefficient (Wildman–Crippen LogP) is 3.30. The Morgan fingerprint density at radius 2 is 1.80 bits per heavy atom. The van der Waals surface area contributed by atoms with Crippen LogP contribution in [0.5, 0.6) is 0 Å². The molecule has 1 amide bonds. The molecule has 0 spiro atoms. The van der Waals surface area contributed by atoms with Gasteiger partial charge in [-0.25, -0.2) is 8.78 Å². The van der Waals surface area contributed by atoms with Gasteiger partial charge >= 0.3 is 0 Å². The Morgan fingerprint density at radius 3 is 2.30 bits per heavy atom. The molecule has 0 bridgehead atoms. The molecule has 0 aliphatic heterocycles. The molecule has 3 N–H and O–H groups in total. The lowest BCUT2D eigenvalue weighted by Crippen LogP contribution is -2.18. The lowest BCUT2D eigenvalue weighted by molar-refractivity contribution is -0.116. The third-order valence-corrected chi connectivity index (χ3v) is 3.37. The first kappa shape index (κ1) is 16.6. The minimum atomic E-state index is -0.705. The molecule has 112 valence electrons. The SMILES string of the molecule is CC(C)C(CCN)CCC(=O)Nc1cc(F)cc(F)c1. The number of nitrogens with two attached hydrogens (primary N) is 1. The van der Waals surface area contributed by atoms with E-state index in [-0.39, 0.29) is 11.6 Å². The molecule has 0 aromatic heterocycles. The molecule has 1 rings (SSSR count). The van der Waals surface area contributed by atoms with Gasteiger partial charge in [-0.2, -0.15) is 0 Å². The maximum absolute atomic E-state index is 13.0. The van der Waals surface area contributed by atoms with Crippen molar-refractivity contribution in [2.75, 3.05) is 11.9 Å². The van der Waals surface area contributed by atoms with Crippen LogP contribution >= 0.6 is 0 Å². The summed E-state index contributed by atoms with van der Waals surface area (Å²) in [5, 5.41) is 2.51. The van der Waals surface area contributed by atoms with E-state index in [1.54, 1.807) is 0 Å². The molecule has 0 aliphatic carbocycles. The van der Waals surface area contributed by atoms with Crippen LogP contribution in [0.1, 0.15) is 33.1 Å². The van der Waals surface area contributed by atoms with Crippen molar-refractivity contribution in [2.24, 2.45) is 17.6 Å². The molecule has 0 saturated carbocycles. The van der Waals surface area contributed by atoms with Gasteiger partial charge < -0.3 is 11.1 Å². The highest BCUT2D eigenvalue weighted by Crippen LogP contribution is 2.21. The van der Waals surface area contributed by atoms with Crippen molar-refractivity contribution in [3.63, 3.8) is 0 Å². The summed E-state index contributed by atoms with van der Waals surface area (Å²) < 4.78 is 26.0. The minimum Gasteiger partial charge on any atom is -0.330 e. The van der Waals surface area contributed by atoms with E-state index in [0.717, 1.165) is 31.0 Å². The molecule has 0 fully saturated rings. The molecule has 0 heterocycles. The van der Waals surface area contributed by atoms with E-state index in [4.69, 9.17) is 5.73 Å². The smallest absolute Gasteiger partial charge is 0.224 e. The second-order valence-corrected chi connectivity index (χ2v) is 5.33. The Balaban J connectivity index is 2.50. The molecule has 0 saturated heterocycles. The van der Waals surface area contributed by atoms with Gasteiger partial charge in [-0.15, -0.1) is 0 Å². The predicted molar refractivity (Wildman–Crippen MR) is 76.2 cm³/mol. The van der Waals surface area contributed by atoms with Crippen LogP contribution in [0.3, 0.4) is 0 Å². The molecule has 20 heavy (non-hydrogen) atoms. The van der Waals surface area contributed by atoms with Crippen molar-refractivity contribution >= 4 is 11.6 Å². The van der Waals surface area contributed by atoms with Gasteiger partial charge in [0.2, 0.25) is 5.91 Å². The van der Waals surface area contributed by atoms with E-state index in [1.165, 1.54) is 0 Å². The van der Waals surface area contributed by atoms with Crippen LogP contribution < -0.4 is 11.1 Å². The normalized spacial score (nSPS) is 12.5. The number of amides is 1. The van der Waals surface area contributed by atoms with Gasteiger partial charge in [0.25, 0.3) is 0 Å². The Labute approximate surface area is 118 Å². The summed E-state index contributed by atoms with van der Waals surface area (Å²) in [7, 11) is 0. The Morgan fingerprint density at radius 1 is 1.20 bits per heavy atom. The highest BCUT2D eigenvalue weighted by atomic mass is 19.1. The van der Waals surface area contributed by atoms with Crippen molar-refractivity contribution < 1.29 is 13.6 Å². The Kier molecular flexibility index (Phi) is 6.58. The largest absolute Gasteiger partial charge is 0.330 e. The number of nitrogens with one attached hydrogen (secondary N) is 1. The average Bonchev–Trinajstić information content (AvgIpc) is 2.32. The molecule has 1 aromatic carbocycles. The van der Waals surface area contributed by atoms with Crippen LogP contribution in [0.25, 0.3) is 0 Å².